The number of fused-ring (bicyclic) bond motifs is 1. The van der Waals surface area contributed by atoms with Crippen LogP contribution < -0.4 is 0 Å². The number of hydrogen-bond acceptors (Lipinski definition) is 4. The van der Waals surface area contributed by atoms with Crippen LogP contribution in [0.3, 0.4) is 0 Å². The van der Waals surface area contributed by atoms with Crippen LogP contribution in [-0.2, 0) is 11.3 Å². The molecule has 0 unspecified atom stereocenters. The number of esters is 1. The van der Waals surface area contributed by atoms with Gasteiger partial charge in [0, 0.05) is 52.2 Å². The first-order valence-corrected chi connectivity index (χ1v) is 12.0. The molecule has 0 amide bonds. The van der Waals surface area contributed by atoms with Gasteiger partial charge in [-0.15, -0.1) is 0 Å². The van der Waals surface area contributed by atoms with E-state index in [-0.39, 0.29) is 5.97 Å². The van der Waals surface area contributed by atoms with Crippen LogP contribution in [0.1, 0.15) is 23.0 Å². The number of aromatic nitrogens is 1. The Bertz CT molecular complexity index is 1030. The minimum Gasteiger partial charge on any atom is -0.461 e. The van der Waals surface area contributed by atoms with Crippen molar-refractivity contribution in [1.29, 1.82) is 0 Å². The fourth-order valence-corrected chi connectivity index (χ4v) is 5.23. The molecule has 0 atom stereocenters. The quantitative estimate of drug-likeness (QED) is 0.423. The summed E-state index contributed by atoms with van der Waals surface area (Å²) in [6, 6.07) is 13.9. The lowest BCUT2D eigenvalue weighted by Gasteiger charge is -2.26. The average molecular weight is 494 g/mol. The van der Waals surface area contributed by atoms with Gasteiger partial charge in [-0.25, -0.2) is 4.79 Å². The molecular weight excluding hydrogens is 472 g/mol. The summed E-state index contributed by atoms with van der Waals surface area (Å²) in [6.45, 7) is 4.90. The van der Waals surface area contributed by atoms with E-state index in [2.05, 4.69) is 20.8 Å². The Hall–Kier alpha value is -1.47. The molecule has 4 nitrogen and oxygen atoms in total. The van der Waals surface area contributed by atoms with Gasteiger partial charge in [0.15, 0.2) is 0 Å². The van der Waals surface area contributed by atoms with Gasteiger partial charge in [-0.3, -0.25) is 4.90 Å². The first kappa shape index (κ1) is 20.8. The summed E-state index contributed by atoms with van der Waals surface area (Å²) in [6.07, 6.45) is 0. The molecule has 0 aliphatic carbocycles. The average Bonchev–Trinajstić information content (AvgIpc) is 3.03. The van der Waals surface area contributed by atoms with Crippen LogP contribution in [0.15, 0.2) is 46.9 Å². The number of halogens is 2. The normalized spacial score (nSPS) is 15.0. The summed E-state index contributed by atoms with van der Waals surface area (Å²) in [5.41, 5.74) is 3.40. The summed E-state index contributed by atoms with van der Waals surface area (Å²) in [5, 5.41) is 1.63. The third-order valence-corrected chi connectivity index (χ3v) is 7.22. The van der Waals surface area contributed by atoms with E-state index in [0.29, 0.717) is 23.9 Å². The molecule has 2 heterocycles. The highest BCUT2D eigenvalue weighted by molar-refractivity contribution is 9.10. The molecule has 29 heavy (non-hydrogen) atoms. The molecule has 1 aliphatic heterocycles. The predicted octanol–water partition coefficient (Wildman–Crippen LogP) is 5.77. The van der Waals surface area contributed by atoms with Crippen LogP contribution >= 0.6 is 39.3 Å². The lowest BCUT2D eigenvalue weighted by molar-refractivity contribution is 0.0515. The van der Waals surface area contributed by atoms with Crippen molar-refractivity contribution in [3.8, 4) is 5.69 Å². The Morgan fingerprint density at radius 1 is 1.21 bits per heavy atom. The first-order chi connectivity index (χ1) is 14.1. The molecule has 7 heteroatoms. The van der Waals surface area contributed by atoms with E-state index in [1.807, 2.05) is 65.7 Å². The van der Waals surface area contributed by atoms with Crippen molar-refractivity contribution in [3.05, 3.63) is 63.2 Å². The lowest BCUT2D eigenvalue weighted by atomic mass is 10.1. The predicted molar refractivity (Wildman–Crippen MR) is 125 cm³/mol. The van der Waals surface area contributed by atoms with Crippen LogP contribution in [0.5, 0.6) is 0 Å². The summed E-state index contributed by atoms with van der Waals surface area (Å²) in [5.74, 6) is 1.92. The molecule has 1 saturated heterocycles. The Morgan fingerprint density at radius 2 is 1.93 bits per heavy atom. The number of thioether (sulfide) groups is 1. The zero-order valence-corrected chi connectivity index (χ0v) is 19.3. The summed E-state index contributed by atoms with van der Waals surface area (Å²) in [4.78, 5) is 15.5. The van der Waals surface area contributed by atoms with E-state index in [9.17, 15) is 4.79 Å². The highest BCUT2D eigenvalue weighted by Gasteiger charge is 2.27. The van der Waals surface area contributed by atoms with E-state index in [1.165, 1.54) is 0 Å². The summed E-state index contributed by atoms with van der Waals surface area (Å²) >= 11 is 12.0. The number of carbonyl (C=O) groups is 1. The molecule has 0 N–H and O–H groups in total. The minimum atomic E-state index is -0.304. The zero-order valence-electron chi connectivity index (χ0n) is 16.2. The fourth-order valence-electron chi connectivity index (χ4n) is 3.75. The van der Waals surface area contributed by atoms with Gasteiger partial charge in [-0.05, 0) is 47.1 Å². The van der Waals surface area contributed by atoms with Crippen LogP contribution in [0.4, 0.5) is 0 Å². The summed E-state index contributed by atoms with van der Waals surface area (Å²) in [7, 11) is 0. The van der Waals surface area contributed by atoms with Gasteiger partial charge in [0.25, 0.3) is 0 Å². The van der Waals surface area contributed by atoms with Crippen molar-refractivity contribution >= 4 is 56.2 Å². The van der Waals surface area contributed by atoms with Crippen molar-refractivity contribution < 1.29 is 9.53 Å². The molecule has 3 aromatic rings. The number of rotatable bonds is 5. The van der Waals surface area contributed by atoms with Crippen molar-refractivity contribution in [2.75, 3.05) is 31.2 Å². The molecule has 0 spiro atoms. The van der Waals surface area contributed by atoms with E-state index in [4.69, 9.17) is 16.3 Å². The minimum absolute atomic E-state index is 0.304. The number of hydrogen-bond donors (Lipinski definition) is 0. The van der Waals surface area contributed by atoms with E-state index < -0.39 is 0 Å². The SMILES string of the molecule is CCOC(=O)c1c(CN2CCSCC2)c2cc(Br)c(Cl)cc2n1-c1ccccc1. The number of benzene rings is 2. The monoisotopic (exact) mass is 492 g/mol. The Kier molecular flexibility index (Phi) is 6.54. The maximum absolute atomic E-state index is 13.1. The molecular formula is C22H22BrClN2O2S. The summed E-state index contributed by atoms with van der Waals surface area (Å²) < 4.78 is 8.29. The fraction of sp³-hybridized carbons (Fsp3) is 0.318. The van der Waals surface area contributed by atoms with Gasteiger partial charge in [-0.1, -0.05) is 29.8 Å². The number of carbonyl (C=O) groups excluding carboxylic acids is 1. The second kappa shape index (κ2) is 9.13. The van der Waals surface area contributed by atoms with Crippen molar-refractivity contribution in [1.82, 2.24) is 9.47 Å². The van der Waals surface area contributed by atoms with Gasteiger partial charge in [0.1, 0.15) is 5.69 Å². The van der Waals surface area contributed by atoms with Crippen molar-refractivity contribution in [3.63, 3.8) is 0 Å². The number of ether oxygens (including phenoxy) is 1. The van der Waals surface area contributed by atoms with Crippen LogP contribution in [0.25, 0.3) is 16.6 Å². The van der Waals surface area contributed by atoms with E-state index >= 15 is 0 Å². The molecule has 4 rings (SSSR count). The molecule has 2 aromatic carbocycles. The second-order valence-electron chi connectivity index (χ2n) is 6.89. The van der Waals surface area contributed by atoms with Crippen molar-refractivity contribution in [2.24, 2.45) is 0 Å². The molecule has 152 valence electrons. The van der Waals surface area contributed by atoms with Gasteiger partial charge < -0.3 is 9.30 Å². The number of nitrogens with zero attached hydrogens (tertiary/aromatic N) is 2. The van der Waals surface area contributed by atoms with E-state index in [1.54, 1.807) is 0 Å². The van der Waals surface area contributed by atoms with Crippen LogP contribution in [-0.4, -0.2) is 46.6 Å². The Balaban J connectivity index is 1.98. The molecule has 1 aliphatic rings. The highest BCUT2D eigenvalue weighted by atomic mass is 79.9. The zero-order chi connectivity index (χ0) is 20.4. The maximum Gasteiger partial charge on any atom is 0.355 e. The molecule has 1 fully saturated rings. The van der Waals surface area contributed by atoms with E-state index in [0.717, 1.165) is 51.2 Å². The van der Waals surface area contributed by atoms with Crippen molar-refractivity contribution in [2.45, 2.75) is 13.5 Å². The number of para-hydroxylation sites is 1. The van der Waals surface area contributed by atoms with Crippen LogP contribution in [0, 0.1) is 0 Å². The van der Waals surface area contributed by atoms with Crippen LogP contribution in [0.2, 0.25) is 5.02 Å². The third kappa shape index (κ3) is 4.22. The van der Waals surface area contributed by atoms with Gasteiger partial charge in [0.05, 0.1) is 17.1 Å². The Labute approximate surface area is 188 Å². The lowest BCUT2D eigenvalue weighted by Crippen LogP contribution is -2.32. The largest absolute Gasteiger partial charge is 0.461 e. The highest BCUT2D eigenvalue weighted by Crippen LogP contribution is 2.36. The standard InChI is InChI=1S/C22H22BrClN2O2S/c1-2-28-22(27)21-17(14-25-8-10-29-11-9-25)16-12-18(23)19(24)13-20(16)26(21)15-6-4-3-5-7-15/h3-7,12-13H,2,8-11,14H2,1H3. The molecule has 0 bridgehead atoms. The smallest absolute Gasteiger partial charge is 0.355 e. The Morgan fingerprint density at radius 3 is 2.62 bits per heavy atom. The topological polar surface area (TPSA) is 34.5 Å². The maximum atomic E-state index is 13.1. The van der Waals surface area contributed by atoms with Gasteiger partial charge in [-0.2, -0.15) is 11.8 Å². The third-order valence-electron chi connectivity index (χ3n) is 5.08. The molecule has 0 radical (unpaired) electrons. The molecule has 0 saturated carbocycles. The van der Waals surface area contributed by atoms with Gasteiger partial charge >= 0.3 is 5.97 Å². The molecule has 1 aromatic heterocycles. The first-order valence-electron chi connectivity index (χ1n) is 9.65. The van der Waals surface area contributed by atoms with Gasteiger partial charge in [0.2, 0.25) is 0 Å². The second-order valence-corrected chi connectivity index (χ2v) is 9.38.